The zero-order valence-electron chi connectivity index (χ0n) is 10.0. The Kier molecular flexibility index (Phi) is 2.95. The van der Waals surface area contributed by atoms with Gasteiger partial charge in [0.2, 0.25) is 0 Å². The first-order valence-corrected chi connectivity index (χ1v) is 5.56. The lowest BCUT2D eigenvalue weighted by Gasteiger charge is -2.08. The largest absolute Gasteiger partial charge is 0.388 e. The zero-order valence-corrected chi connectivity index (χ0v) is 10.0. The summed E-state index contributed by atoms with van der Waals surface area (Å²) in [5.74, 6) is 0. The van der Waals surface area contributed by atoms with Crippen molar-refractivity contribution in [2.24, 2.45) is 0 Å². The Balaban J connectivity index is 2.45. The summed E-state index contributed by atoms with van der Waals surface area (Å²) < 4.78 is 0. The molecule has 1 heteroatoms. The van der Waals surface area contributed by atoms with Gasteiger partial charge in [-0.3, -0.25) is 0 Å². The summed E-state index contributed by atoms with van der Waals surface area (Å²) in [6.45, 7) is 4.25. The minimum Gasteiger partial charge on any atom is -0.388 e. The Bertz CT molecular complexity index is 501. The summed E-state index contributed by atoms with van der Waals surface area (Å²) in [5, 5.41) is 3.19. The Morgan fingerprint density at radius 1 is 0.875 bits per heavy atom. The minimum absolute atomic E-state index is 1.19. The van der Waals surface area contributed by atoms with E-state index in [2.05, 4.69) is 61.6 Å². The average molecular weight is 211 g/mol. The molecule has 0 radical (unpaired) electrons. The molecular formula is C15H17N. The fourth-order valence-corrected chi connectivity index (χ4v) is 1.95. The highest BCUT2D eigenvalue weighted by atomic mass is 14.8. The molecule has 0 aliphatic rings. The second-order valence-electron chi connectivity index (χ2n) is 4.15. The highest BCUT2D eigenvalue weighted by Gasteiger charge is 2.00. The summed E-state index contributed by atoms with van der Waals surface area (Å²) in [7, 11) is 1.95. The van der Waals surface area contributed by atoms with Crippen molar-refractivity contribution < 1.29 is 0 Å². The van der Waals surface area contributed by atoms with Crippen molar-refractivity contribution >= 4 is 5.69 Å². The number of aryl methyl sites for hydroxylation is 2. The van der Waals surface area contributed by atoms with Crippen molar-refractivity contribution in [2.75, 3.05) is 12.4 Å². The molecule has 0 aliphatic carbocycles. The van der Waals surface area contributed by atoms with Crippen LogP contribution in [0.25, 0.3) is 11.1 Å². The molecular weight excluding hydrogens is 194 g/mol. The SMILES string of the molecule is CNc1ccc(-c2cccc(C)c2)cc1C. The molecule has 0 unspecified atom stereocenters. The standard InChI is InChI=1S/C15H17N/c1-11-5-4-6-13(9-11)14-7-8-15(16-3)12(2)10-14/h4-10,16H,1-3H3. The van der Waals surface area contributed by atoms with E-state index in [0.717, 1.165) is 0 Å². The lowest BCUT2D eigenvalue weighted by Crippen LogP contribution is -1.91. The lowest BCUT2D eigenvalue weighted by molar-refractivity contribution is 1.40. The third-order valence-corrected chi connectivity index (χ3v) is 2.85. The molecule has 0 aromatic heterocycles. The monoisotopic (exact) mass is 211 g/mol. The topological polar surface area (TPSA) is 12.0 Å². The van der Waals surface area contributed by atoms with Crippen LogP contribution in [0.5, 0.6) is 0 Å². The molecule has 2 aromatic carbocycles. The molecule has 2 rings (SSSR count). The number of hydrogen-bond acceptors (Lipinski definition) is 1. The average Bonchev–Trinajstić information content (AvgIpc) is 2.29. The van der Waals surface area contributed by atoms with E-state index in [0.29, 0.717) is 0 Å². The van der Waals surface area contributed by atoms with E-state index >= 15 is 0 Å². The molecule has 16 heavy (non-hydrogen) atoms. The van der Waals surface area contributed by atoms with E-state index < -0.39 is 0 Å². The van der Waals surface area contributed by atoms with Gasteiger partial charge in [0.05, 0.1) is 0 Å². The summed E-state index contributed by atoms with van der Waals surface area (Å²) in [6, 6.07) is 15.1. The van der Waals surface area contributed by atoms with Crippen LogP contribution in [0.4, 0.5) is 5.69 Å². The number of hydrogen-bond donors (Lipinski definition) is 1. The first-order valence-electron chi connectivity index (χ1n) is 5.56. The summed E-state index contributed by atoms with van der Waals surface area (Å²) >= 11 is 0. The second-order valence-corrected chi connectivity index (χ2v) is 4.15. The number of rotatable bonds is 2. The van der Waals surface area contributed by atoms with Crippen molar-refractivity contribution in [2.45, 2.75) is 13.8 Å². The maximum atomic E-state index is 3.19. The zero-order chi connectivity index (χ0) is 11.5. The van der Waals surface area contributed by atoms with Gasteiger partial charge in [0.15, 0.2) is 0 Å². The molecule has 0 atom stereocenters. The van der Waals surface area contributed by atoms with Crippen molar-refractivity contribution in [1.29, 1.82) is 0 Å². The maximum absolute atomic E-state index is 3.19. The van der Waals surface area contributed by atoms with Gasteiger partial charge < -0.3 is 5.32 Å². The van der Waals surface area contributed by atoms with Crippen molar-refractivity contribution in [3.05, 3.63) is 53.6 Å². The normalized spacial score (nSPS) is 10.2. The van der Waals surface area contributed by atoms with Crippen molar-refractivity contribution in [3.63, 3.8) is 0 Å². The first kappa shape index (κ1) is 10.7. The quantitative estimate of drug-likeness (QED) is 0.791. The molecule has 0 fully saturated rings. The van der Waals surface area contributed by atoms with E-state index in [-0.39, 0.29) is 0 Å². The Labute approximate surface area is 97.1 Å². The van der Waals surface area contributed by atoms with Crippen LogP contribution in [-0.2, 0) is 0 Å². The molecule has 2 aromatic rings. The predicted molar refractivity (Wildman–Crippen MR) is 70.9 cm³/mol. The van der Waals surface area contributed by atoms with Crippen LogP contribution >= 0.6 is 0 Å². The molecule has 0 aliphatic heterocycles. The molecule has 82 valence electrons. The second kappa shape index (κ2) is 4.40. The Hall–Kier alpha value is -1.76. The van der Waals surface area contributed by atoms with E-state index in [9.17, 15) is 0 Å². The van der Waals surface area contributed by atoms with E-state index in [1.807, 2.05) is 7.05 Å². The summed E-state index contributed by atoms with van der Waals surface area (Å²) in [6.07, 6.45) is 0. The van der Waals surface area contributed by atoms with Crippen molar-refractivity contribution in [1.82, 2.24) is 0 Å². The van der Waals surface area contributed by atoms with Crippen LogP contribution in [0.3, 0.4) is 0 Å². The number of anilines is 1. The number of benzene rings is 2. The van der Waals surface area contributed by atoms with Crippen LogP contribution in [-0.4, -0.2) is 7.05 Å². The molecule has 0 heterocycles. The molecule has 0 saturated carbocycles. The Morgan fingerprint density at radius 3 is 2.25 bits per heavy atom. The van der Waals surface area contributed by atoms with Gasteiger partial charge in [-0.15, -0.1) is 0 Å². The third-order valence-electron chi connectivity index (χ3n) is 2.85. The van der Waals surface area contributed by atoms with Crippen molar-refractivity contribution in [3.8, 4) is 11.1 Å². The van der Waals surface area contributed by atoms with Gasteiger partial charge in [-0.25, -0.2) is 0 Å². The number of nitrogens with one attached hydrogen (secondary N) is 1. The Morgan fingerprint density at radius 2 is 1.62 bits per heavy atom. The highest BCUT2D eigenvalue weighted by molar-refractivity contribution is 5.68. The molecule has 0 amide bonds. The molecule has 0 bridgehead atoms. The molecule has 1 N–H and O–H groups in total. The fraction of sp³-hybridized carbons (Fsp3) is 0.200. The van der Waals surface area contributed by atoms with Crippen LogP contribution in [0.2, 0.25) is 0 Å². The molecule has 0 saturated heterocycles. The van der Waals surface area contributed by atoms with Crippen LogP contribution in [0.15, 0.2) is 42.5 Å². The summed E-state index contributed by atoms with van der Waals surface area (Å²) in [5.41, 5.74) is 6.33. The first-order chi connectivity index (χ1) is 7.70. The van der Waals surface area contributed by atoms with Crippen LogP contribution in [0.1, 0.15) is 11.1 Å². The smallest absolute Gasteiger partial charge is 0.0367 e. The fourth-order valence-electron chi connectivity index (χ4n) is 1.95. The summed E-state index contributed by atoms with van der Waals surface area (Å²) in [4.78, 5) is 0. The van der Waals surface area contributed by atoms with Gasteiger partial charge >= 0.3 is 0 Å². The van der Waals surface area contributed by atoms with Crippen LogP contribution in [0, 0.1) is 13.8 Å². The highest BCUT2D eigenvalue weighted by Crippen LogP contribution is 2.25. The van der Waals surface area contributed by atoms with Gasteiger partial charge in [0.25, 0.3) is 0 Å². The maximum Gasteiger partial charge on any atom is 0.0367 e. The minimum atomic E-state index is 1.19. The van der Waals surface area contributed by atoms with E-state index in [1.165, 1.54) is 27.9 Å². The van der Waals surface area contributed by atoms with E-state index in [1.54, 1.807) is 0 Å². The lowest BCUT2D eigenvalue weighted by atomic mass is 10.0. The molecule has 0 spiro atoms. The van der Waals surface area contributed by atoms with Gasteiger partial charge in [0.1, 0.15) is 0 Å². The third kappa shape index (κ3) is 2.08. The molecule has 1 nitrogen and oxygen atoms in total. The van der Waals surface area contributed by atoms with Gasteiger partial charge in [-0.1, -0.05) is 35.9 Å². The van der Waals surface area contributed by atoms with E-state index in [4.69, 9.17) is 0 Å². The van der Waals surface area contributed by atoms with Gasteiger partial charge in [-0.2, -0.15) is 0 Å². The van der Waals surface area contributed by atoms with Gasteiger partial charge in [-0.05, 0) is 42.7 Å². The van der Waals surface area contributed by atoms with Gasteiger partial charge in [0, 0.05) is 12.7 Å². The predicted octanol–water partition coefficient (Wildman–Crippen LogP) is 4.01. The van der Waals surface area contributed by atoms with Crippen LogP contribution < -0.4 is 5.32 Å².